The number of nitrogens with zero attached hydrogens (tertiary/aromatic N) is 7. The van der Waals surface area contributed by atoms with Crippen LogP contribution in [-0.4, -0.2) is 61.9 Å². The monoisotopic (exact) mass is 460 g/mol. The SMILES string of the molecule is Cc1nc2cnc(N)nc2n1C1CCC(Oc2nc(N3CCOCC3)cc3ncccc23)CC1. The Morgan fingerprint density at radius 2 is 1.85 bits per heavy atom. The summed E-state index contributed by atoms with van der Waals surface area (Å²) in [5.41, 5.74) is 8.35. The molecular formula is C24H28N8O2. The van der Waals surface area contributed by atoms with Crippen LogP contribution < -0.4 is 15.4 Å². The summed E-state index contributed by atoms with van der Waals surface area (Å²) in [5.74, 6) is 2.78. The first-order valence-electron chi connectivity index (χ1n) is 11.9. The molecule has 1 aliphatic carbocycles. The number of aromatic nitrogens is 6. The second-order valence-corrected chi connectivity index (χ2v) is 8.97. The smallest absolute Gasteiger partial charge is 0.225 e. The highest BCUT2D eigenvalue weighted by Gasteiger charge is 2.27. The van der Waals surface area contributed by atoms with Crippen molar-refractivity contribution in [3.05, 3.63) is 36.4 Å². The summed E-state index contributed by atoms with van der Waals surface area (Å²) < 4.78 is 14.2. The van der Waals surface area contributed by atoms with E-state index in [1.54, 1.807) is 6.20 Å². The summed E-state index contributed by atoms with van der Waals surface area (Å²) in [7, 11) is 0. The van der Waals surface area contributed by atoms with E-state index >= 15 is 0 Å². The quantitative estimate of drug-likeness (QED) is 0.490. The second kappa shape index (κ2) is 8.68. The number of nitrogens with two attached hydrogens (primary N) is 1. The number of pyridine rings is 2. The van der Waals surface area contributed by atoms with Crippen LogP contribution in [0.3, 0.4) is 0 Å². The van der Waals surface area contributed by atoms with E-state index < -0.39 is 0 Å². The van der Waals surface area contributed by atoms with E-state index in [9.17, 15) is 0 Å². The van der Waals surface area contributed by atoms with Crippen LogP contribution in [-0.2, 0) is 4.74 Å². The number of imidazole rings is 1. The molecule has 2 N–H and O–H groups in total. The van der Waals surface area contributed by atoms with Gasteiger partial charge in [0, 0.05) is 31.4 Å². The number of anilines is 2. The Balaban J connectivity index is 1.22. The van der Waals surface area contributed by atoms with Crippen LogP contribution >= 0.6 is 0 Å². The number of hydrogen-bond donors (Lipinski definition) is 1. The summed E-state index contributed by atoms with van der Waals surface area (Å²) in [6.07, 6.45) is 7.41. The van der Waals surface area contributed by atoms with Crippen LogP contribution in [0.1, 0.15) is 37.5 Å². The van der Waals surface area contributed by atoms with Gasteiger partial charge in [-0.05, 0) is 44.7 Å². The number of rotatable bonds is 4. The lowest BCUT2D eigenvalue weighted by Gasteiger charge is -2.31. The minimum Gasteiger partial charge on any atom is -0.474 e. The molecule has 1 saturated heterocycles. The van der Waals surface area contributed by atoms with Gasteiger partial charge in [0.1, 0.15) is 23.3 Å². The fourth-order valence-electron chi connectivity index (χ4n) is 5.11. The van der Waals surface area contributed by atoms with Gasteiger partial charge in [-0.2, -0.15) is 9.97 Å². The molecule has 6 rings (SSSR count). The lowest BCUT2D eigenvalue weighted by atomic mass is 9.92. The molecule has 2 aliphatic rings. The van der Waals surface area contributed by atoms with E-state index in [0.29, 0.717) is 25.1 Å². The molecule has 1 saturated carbocycles. The normalized spacial score (nSPS) is 21.3. The zero-order valence-corrected chi connectivity index (χ0v) is 19.2. The summed E-state index contributed by atoms with van der Waals surface area (Å²) in [4.78, 5) is 24.9. The highest BCUT2D eigenvalue weighted by Crippen LogP contribution is 2.35. The fourth-order valence-corrected chi connectivity index (χ4v) is 5.11. The van der Waals surface area contributed by atoms with Gasteiger partial charge < -0.3 is 24.7 Å². The number of hydrogen-bond acceptors (Lipinski definition) is 9. The van der Waals surface area contributed by atoms with Crippen molar-refractivity contribution in [1.29, 1.82) is 0 Å². The van der Waals surface area contributed by atoms with Crippen molar-refractivity contribution in [2.75, 3.05) is 36.9 Å². The molecule has 0 unspecified atom stereocenters. The van der Waals surface area contributed by atoms with Crippen molar-refractivity contribution in [2.24, 2.45) is 0 Å². The van der Waals surface area contributed by atoms with Gasteiger partial charge in [-0.25, -0.2) is 9.97 Å². The van der Waals surface area contributed by atoms with E-state index in [2.05, 4.69) is 29.4 Å². The maximum atomic E-state index is 6.52. The van der Waals surface area contributed by atoms with Crippen LogP contribution in [0.5, 0.6) is 5.88 Å². The molecule has 1 aliphatic heterocycles. The number of ether oxygens (including phenoxy) is 2. The summed E-state index contributed by atoms with van der Waals surface area (Å²) in [5, 5.41) is 0.949. The number of morpholine rings is 1. The standard InChI is InChI=1S/C24H28N8O2/c1-15-28-20-14-27-24(25)30-22(20)32(15)16-4-6-17(7-5-16)34-23-18-3-2-8-26-19(18)13-21(29-23)31-9-11-33-12-10-31/h2-3,8,13-14,16-17H,4-7,9-12H2,1H3,(H2,25,27,30). The molecule has 176 valence electrons. The lowest BCUT2D eigenvalue weighted by Crippen LogP contribution is -2.36. The Labute approximate surface area is 197 Å². The van der Waals surface area contributed by atoms with E-state index in [1.165, 1.54) is 0 Å². The van der Waals surface area contributed by atoms with Gasteiger partial charge in [0.25, 0.3) is 0 Å². The molecule has 0 bridgehead atoms. The maximum Gasteiger partial charge on any atom is 0.225 e. The summed E-state index contributed by atoms with van der Waals surface area (Å²) in [6, 6.07) is 6.32. The van der Waals surface area contributed by atoms with Gasteiger partial charge in [0.05, 0.1) is 30.3 Å². The molecule has 4 aromatic rings. The highest BCUT2D eigenvalue weighted by atomic mass is 16.5. The Morgan fingerprint density at radius 3 is 2.68 bits per heavy atom. The molecule has 2 fully saturated rings. The molecule has 0 spiro atoms. The summed E-state index contributed by atoms with van der Waals surface area (Å²) in [6.45, 7) is 5.08. The van der Waals surface area contributed by atoms with Crippen LogP contribution in [0.2, 0.25) is 0 Å². The second-order valence-electron chi connectivity index (χ2n) is 8.97. The number of nitrogen functional groups attached to an aromatic ring is 1. The molecule has 0 aromatic carbocycles. The average molecular weight is 461 g/mol. The first-order valence-corrected chi connectivity index (χ1v) is 11.9. The van der Waals surface area contributed by atoms with Crippen molar-refractivity contribution in [2.45, 2.75) is 44.8 Å². The molecular weight excluding hydrogens is 432 g/mol. The van der Waals surface area contributed by atoms with E-state index in [1.807, 2.05) is 31.3 Å². The molecule has 0 amide bonds. The Morgan fingerprint density at radius 1 is 1.03 bits per heavy atom. The van der Waals surface area contributed by atoms with Crippen molar-refractivity contribution in [3.63, 3.8) is 0 Å². The Bertz CT molecular complexity index is 1330. The highest BCUT2D eigenvalue weighted by molar-refractivity contribution is 5.85. The predicted molar refractivity (Wildman–Crippen MR) is 129 cm³/mol. The minimum absolute atomic E-state index is 0.0990. The third kappa shape index (κ3) is 3.87. The molecule has 10 heteroatoms. The predicted octanol–water partition coefficient (Wildman–Crippen LogP) is 3.06. The first-order chi connectivity index (χ1) is 16.7. The lowest BCUT2D eigenvalue weighted by molar-refractivity contribution is 0.121. The first kappa shape index (κ1) is 21.0. The van der Waals surface area contributed by atoms with Crippen molar-refractivity contribution in [3.8, 4) is 5.88 Å². The molecule has 0 radical (unpaired) electrons. The Kier molecular flexibility index (Phi) is 5.37. The largest absolute Gasteiger partial charge is 0.474 e. The zero-order chi connectivity index (χ0) is 23.1. The zero-order valence-electron chi connectivity index (χ0n) is 19.2. The molecule has 34 heavy (non-hydrogen) atoms. The molecule has 10 nitrogen and oxygen atoms in total. The van der Waals surface area contributed by atoms with Crippen LogP contribution in [0.25, 0.3) is 22.1 Å². The van der Waals surface area contributed by atoms with E-state index in [0.717, 1.165) is 72.5 Å². The van der Waals surface area contributed by atoms with Gasteiger partial charge in [-0.3, -0.25) is 4.98 Å². The van der Waals surface area contributed by atoms with Crippen LogP contribution in [0, 0.1) is 6.92 Å². The fraction of sp³-hybridized carbons (Fsp3) is 0.458. The van der Waals surface area contributed by atoms with Gasteiger partial charge >= 0.3 is 0 Å². The van der Waals surface area contributed by atoms with Crippen molar-refractivity contribution >= 4 is 33.8 Å². The molecule has 4 aromatic heterocycles. The van der Waals surface area contributed by atoms with Gasteiger partial charge in [0.2, 0.25) is 11.8 Å². The maximum absolute atomic E-state index is 6.52. The van der Waals surface area contributed by atoms with Gasteiger partial charge in [-0.15, -0.1) is 0 Å². The average Bonchev–Trinajstić information content (AvgIpc) is 3.20. The van der Waals surface area contributed by atoms with Crippen LogP contribution in [0.4, 0.5) is 11.8 Å². The van der Waals surface area contributed by atoms with Crippen LogP contribution in [0.15, 0.2) is 30.6 Å². The molecule has 0 atom stereocenters. The number of aryl methyl sites for hydroxylation is 1. The third-order valence-corrected chi connectivity index (χ3v) is 6.80. The van der Waals surface area contributed by atoms with Crippen molar-refractivity contribution in [1.82, 2.24) is 29.5 Å². The Hall–Kier alpha value is -3.53. The van der Waals surface area contributed by atoms with Crippen molar-refractivity contribution < 1.29 is 9.47 Å². The topological polar surface area (TPSA) is 117 Å². The minimum atomic E-state index is 0.0990. The summed E-state index contributed by atoms with van der Waals surface area (Å²) >= 11 is 0. The van der Waals surface area contributed by atoms with Gasteiger partial charge in [0.15, 0.2) is 5.65 Å². The number of fused-ring (bicyclic) bond motifs is 2. The third-order valence-electron chi connectivity index (χ3n) is 6.80. The van der Waals surface area contributed by atoms with Gasteiger partial charge in [-0.1, -0.05) is 0 Å². The van der Waals surface area contributed by atoms with E-state index in [4.69, 9.17) is 20.2 Å². The molecule has 5 heterocycles. The van der Waals surface area contributed by atoms with E-state index in [-0.39, 0.29) is 12.1 Å².